The smallest absolute Gasteiger partial charge is 0.313 e. The van der Waals surface area contributed by atoms with Gasteiger partial charge in [-0.1, -0.05) is 52.8 Å². The molecule has 0 radical (unpaired) electrons. The van der Waals surface area contributed by atoms with Crippen LogP contribution in [0.25, 0.3) is 0 Å². The Bertz CT molecular complexity index is 526. The fourth-order valence-corrected chi connectivity index (χ4v) is 3.20. The summed E-state index contributed by atoms with van der Waals surface area (Å²) in [6, 6.07) is 7.89. The third-order valence-corrected chi connectivity index (χ3v) is 5.21. The van der Waals surface area contributed by atoms with E-state index in [0.29, 0.717) is 6.61 Å². The summed E-state index contributed by atoms with van der Waals surface area (Å²) in [5.41, 5.74) is -0.416. The summed E-state index contributed by atoms with van der Waals surface area (Å²) in [6.45, 7) is 14.7. The van der Waals surface area contributed by atoms with Crippen LogP contribution >= 0.6 is 0 Å². The summed E-state index contributed by atoms with van der Waals surface area (Å²) in [5.74, 6) is 0.630. The van der Waals surface area contributed by atoms with Crippen molar-refractivity contribution in [3.8, 4) is 5.75 Å². The van der Waals surface area contributed by atoms with Crippen molar-refractivity contribution in [3.05, 3.63) is 29.8 Å². The van der Waals surface area contributed by atoms with Crippen LogP contribution in [0.5, 0.6) is 5.75 Å². The molecular formula is C19H30O3. The average molecular weight is 306 g/mol. The average Bonchev–Trinajstić information content (AvgIpc) is 2.45. The molecule has 1 unspecified atom stereocenters. The van der Waals surface area contributed by atoms with Gasteiger partial charge >= 0.3 is 5.97 Å². The Morgan fingerprint density at radius 1 is 1.05 bits per heavy atom. The van der Waals surface area contributed by atoms with Gasteiger partial charge in [-0.3, -0.25) is 4.79 Å². The van der Waals surface area contributed by atoms with E-state index >= 15 is 0 Å². The lowest BCUT2D eigenvalue weighted by Gasteiger charge is -2.50. The number of carbonyl (C=O) groups excluding carboxylic acids is 1. The highest BCUT2D eigenvalue weighted by Gasteiger charge is 2.57. The van der Waals surface area contributed by atoms with Gasteiger partial charge in [-0.25, -0.2) is 0 Å². The minimum Gasteiger partial charge on any atom is -0.496 e. The Morgan fingerprint density at radius 3 is 2.05 bits per heavy atom. The van der Waals surface area contributed by atoms with Crippen molar-refractivity contribution in [3.63, 3.8) is 0 Å². The van der Waals surface area contributed by atoms with Gasteiger partial charge in [0.1, 0.15) is 5.75 Å². The van der Waals surface area contributed by atoms with Gasteiger partial charge in [-0.15, -0.1) is 0 Å². The van der Waals surface area contributed by atoms with Crippen LogP contribution in [-0.4, -0.2) is 19.7 Å². The summed E-state index contributed by atoms with van der Waals surface area (Å²) >= 11 is 0. The van der Waals surface area contributed by atoms with Crippen molar-refractivity contribution in [2.45, 2.75) is 53.9 Å². The van der Waals surface area contributed by atoms with Gasteiger partial charge in [0.05, 0.1) is 19.1 Å². The maximum atomic E-state index is 12.9. The second-order valence-corrected chi connectivity index (χ2v) is 7.42. The molecule has 0 N–H and O–H groups in total. The number of esters is 1. The van der Waals surface area contributed by atoms with Crippen LogP contribution in [-0.2, 0) is 14.9 Å². The molecule has 0 spiro atoms. The molecule has 3 nitrogen and oxygen atoms in total. The van der Waals surface area contributed by atoms with Crippen LogP contribution in [0.4, 0.5) is 0 Å². The molecule has 3 heteroatoms. The van der Waals surface area contributed by atoms with E-state index in [9.17, 15) is 4.79 Å². The largest absolute Gasteiger partial charge is 0.496 e. The van der Waals surface area contributed by atoms with E-state index in [2.05, 4.69) is 34.6 Å². The van der Waals surface area contributed by atoms with Crippen molar-refractivity contribution in [2.24, 2.45) is 10.8 Å². The predicted molar refractivity (Wildman–Crippen MR) is 90.2 cm³/mol. The molecule has 0 aliphatic rings. The second-order valence-electron chi connectivity index (χ2n) is 7.42. The van der Waals surface area contributed by atoms with Gasteiger partial charge in [-0.2, -0.15) is 0 Å². The third kappa shape index (κ3) is 2.86. The van der Waals surface area contributed by atoms with Crippen LogP contribution in [0.1, 0.15) is 54.0 Å². The van der Waals surface area contributed by atoms with E-state index in [1.54, 1.807) is 7.11 Å². The molecule has 1 rings (SSSR count). The van der Waals surface area contributed by atoms with Crippen LogP contribution < -0.4 is 4.74 Å². The fraction of sp³-hybridized carbons (Fsp3) is 0.632. The minimum atomic E-state index is -0.704. The Kier molecular flexibility index (Phi) is 5.32. The Hall–Kier alpha value is -1.51. The first-order valence-corrected chi connectivity index (χ1v) is 7.84. The van der Waals surface area contributed by atoms with Crippen molar-refractivity contribution >= 4 is 5.97 Å². The Labute approximate surface area is 135 Å². The van der Waals surface area contributed by atoms with Crippen molar-refractivity contribution < 1.29 is 14.3 Å². The lowest BCUT2D eigenvalue weighted by molar-refractivity contribution is -0.168. The maximum Gasteiger partial charge on any atom is 0.313 e. The van der Waals surface area contributed by atoms with Crippen LogP contribution in [0.2, 0.25) is 0 Å². The molecular weight excluding hydrogens is 276 g/mol. The molecule has 0 saturated heterocycles. The quantitative estimate of drug-likeness (QED) is 0.746. The summed E-state index contributed by atoms with van der Waals surface area (Å²) in [7, 11) is 1.66. The number of hydrogen-bond donors (Lipinski definition) is 0. The van der Waals surface area contributed by atoms with Gasteiger partial charge in [0.15, 0.2) is 0 Å². The molecule has 0 saturated carbocycles. The molecule has 124 valence electrons. The SMILES string of the molecule is CCOC(=O)C(C)(C(C)(C)C)C(C)(C)c1ccccc1OC. The number of carbonyl (C=O) groups is 1. The summed E-state index contributed by atoms with van der Waals surface area (Å²) in [6.07, 6.45) is 0. The maximum absolute atomic E-state index is 12.9. The van der Waals surface area contributed by atoms with Crippen molar-refractivity contribution in [1.29, 1.82) is 0 Å². The van der Waals surface area contributed by atoms with Gasteiger partial charge in [0, 0.05) is 11.0 Å². The van der Waals surface area contributed by atoms with Gasteiger partial charge in [0.25, 0.3) is 0 Å². The van der Waals surface area contributed by atoms with E-state index in [1.165, 1.54) is 0 Å². The van der Waals surface area contributed by atoms with Gasteiger partial charge < -0.3 is 9.47 Å². The van der Waals surface area contributed by atoms with Crippen LogP contribution in [0.3, 0.4) is 0 Å². The predicted octanol–water partition coefficient (Wildman–Crippen LogP) is 4.59. The Balaban J connectivity index is 3.56. The number of methoxy groups -OCH3 is 1. The van der Waals surface area contributed by atoms with Crippen LogP contribution in [0.15, 0.2) is 24.3 Å². The topological polar surface area (TPSA) is 35.5 Å². The Morgan fingerprint density at radius 2 is 1.59 bits per heavy atom. The first kappa shape index (κ1) is 18.5. The lowest BCUT2D eigenvalue weighted by atomic mass is 9.52. The summed E-state index contributed by atoms with van der Waals surface area (Å²) in [4.78, 5) is 12.9. The zero-order chi connectivity index (χ0) is 17.2. The fourth-order valence-electron chi connectivity index (χ4n) is 3.20. The number of para-hydroxylation sites is 1. The van der Waals surface area contributed by atoms with E-state index in [-0.39, 0.29) is 11.4 Å². The third-order valence-electron chi connectivity index (χ3n) is 5.21. The summed E-state index contributed by atoms with van der Waals surface area (Å²) < 4.78 is 11.0. The minimum absolute atomic E-state index is 0.168. The molecule has 0 aliphatic carbocycles. The highest BCUT2D eigenvalue weighted by Crippen LogP contribution is 2.55. The van der Waals surface area contributed by atoms with E-state index < -0.39 is 10.8 Å². The molecule has 0 fully saturated rings. The number of hydrogen-bond acceptors (Lipinski definition) is 3. The second kappa shape index (κ2) is 6.31. The molecule has 1 aromatic rings. The van der Waals surface area contributed by atoms with Gasteiger partial charge in [0.2, 0.25) is 0 Å². The van der Waals surface area contributed by atoms with Crippen molar-refractivity contribution in [1.82, 2.24) is 0 Å². The molecule has 0 aromatic heterocycles. The molecule has 0 aliphatic heterocycles. The number of benzene rings is 1. The number of ether oxygens (including phenoxy) is 2. The normalized spacial score (nSPS) is 15.1. The molecule has 1 aromatic carbocycles. The standard InChI is InChI=1S/C19H30O3/c1-9-22-16(20)19(7,17(2,3)4)18(5,6)14-12-10-11-13-15(14)21-8/h10-13H,9H2,1-8H3. The first-order chi connectivity index (χ1) is 10.0. The van der Waals surface area contributed by atoms with Crippen molar-refractivity contribution in [2.75, 3.05) is 13.7 Å². The summed E-state index contributed by atoms with van der Waals surface area (Å²) in [5, 5.41) is 0. The zero-order valence-corrected chi connectivity index (χ0v) is 15.2. The highest BCUT2D eigenvalue weighted by atomic mass is 16.5. The van der Waals surface area contributed by atoms with E-state index in [1.807, 2.05) is 38.1 Å². The lowest BCUT2D eigenvalue weighted by Crippen LogP contribution is -2.54. The zero-order valence-electron chi connectivity index (χ0n) is 15.2. The van der Waals surface area contributed by atoms with E-state index in [4.69, 9.17) is 9.47 Å². The van der Waals surface area contributed by atoms with E-state index in [0.717, 1.165) is 11.3 Å². The first-order valence-electron chi connectivity index (χ1n) is 7.84. The van der Waals surface area contributed by atoms with Gasteiger partial charge in [-0.05, 0) is 25.3 Å². The molecule has 22 heavy (non-hydrogen) atoms. The molecule has 0 heterocycles. The number of rotatable bonds is 5. The monoisotopic (exact) mass is 306 g/mol. The highest BCUT2D eigenvalue weighted by molar-refractivity contribution is 5.80. The molecule has 1 atom stereocenters. The van der Waals surface area contributed by atoms with Crippen LogP contribution in [0, 0.1) is 10.8 Å². The molecule has 0 bridgehead atoms. The molecule has 0 amide bonds.